The van der Waals surface area contributed by atoms with Crippen molar-refractivity contribution in [2.24, 2.45) is 4.99 Å². The van der Waals surface area contributed by atoms with Gasteiger partial charge in [-0.15, -0.1) is 0 Å². The number of carbonyl (C=O) groups excluding carboxylic acids is 2. The van der Waals surface area contributed by atoms with Gasteiger partial charge in [0, 0.05) is 6.42 Å². The van der Waals surface area contributed by atoms with Crippen LogP contribution in [0.2, 0.25) is 0 Å². The zero-order valence-corrected chi connectivity index (χ0v) is 12.2. The van der Waals surface area contributed by atoms with Crippen LogP contribution in [-0.4, -0.2) is 29.8 Å². The Morgan fingerprint density at radius 2 is 2.00 bits per heavy atom. The maximum atomic E-state index is 11.9. The molecule has 0 aliphatic heterocycles. The Labute approximate surface area is 124 Å². The third-order valence-corrected chi connectivity index (χ3v) is 3.09. The number of benzene rings is 1. The molecule has 1 rings (SSSR count). The van der Waals surface area contributed by atoms with Gasteiger partial charge in [-0.05, 0) is 24.1 Å². The smallest absolute Gasteiger partial charge is 0.332 e. The van der Waals surface area contributed by atoms with E-state index in [9.17, 15) is 14.7 Å². The molecule has 1 aromatic rings. The highest BCUT2D eigenvalue weighted by atomic mass is 16.5. The average molecular weight is 291 g/mol. The molecule has 5 heteroatoms. The number of rotatable bonds is 9. The molecule has 0 unspecified atom stereocenters. The number of ether oxygens (including phenoxy) is 1. The molecule has 1 atom stereocenters. The van der Waals surface area contributed by atoms with Gasteiger partial charge in [-0.1, -0.05) is 38.3 Å². The maximum Gasteiger partial charge on any atom is 0.332 e. The average Bonchev–Trinajstić information content (AvgIpc) is 2.48. The quantitative estimate of drug-likeness (QED) is 0.328. The molecule has 0 aliphatic rings. The Kier molecular flexibility index (Phi) is 7.84. The second kappa shape index (κ2) is 9.72. The lowest BCUT2D eigenvalue weighted by molar-refractivity contribution is -0.145. The first kappa shape index (κ1) is 16.9. The van der Waals surface area contributed by atoms with Crippen LogP contribution in [0.15, 0.2) is 29.3 Å². The second-order valence-corrected chi connectivity index (χ2v) is 4.83. The monoisotopic (exact) mass is 291 g/mol. The van der Waals surface area contributed by atoms with Gasteiger partial charge in [-0.25, -0.2) is 9.59 Å². The molecule has 0 fully saturated rings. The molecular formula is C16H21NO4. The summed E-state index contributed by atoms with van der Waals surface area (Å²) in [4.78, 5) is 25.8. The molecular weight excluding hydrogens is 270 g/mol. The maximum absolute atomic E-state index is 11.9. The molecule has 21 heavy (non-hydrogen) atoms. The first-order chi connectivity index (χ1) is 10.2. The SMILES string of the molecule is CCCCCCOC(=O)[C@@H](Cc1ccc(O)cc1)N=C=O. The summed E-state index contributed by atoms with van der Waals surface area (Å²) in [6.07, 6.45) is 5.73. The van der Waals surface area contributed by atoms with Crippen LogP contribution in [-0.2, 0) is 20.7 Å². The number of esters is 1. The fourth-order valence-corrected chi connectivity index (χ4v) is 1.90. The molecule has 0 aromatic heterocycles. The number of phenolic OH excluding ortho intramolecular Hbond substituents is 1. The van der Waals surface area contributed by atoms with E-state index in [1.54, 1.807) is 12.1 Å². The van der Waals surface area contributed by atoms with E-state index in [1.807, 2.05) is 0 Å². The summed E-state index contributed by atoms with van der Waals surface area (Å²) in [5.74, 6) is -0.365. The van der Waals surface area contributed by atoms with Gasteiger partial charge < -0.3 is 9.84 Å². The van der Waals surface area contributed by atoms with Gasteiger partial charge in [0.1, 0.15) is 5.75 Å². The highest BCUT2D eigenvalue weighted by molar-refractivity contribution is 5.77. The van der Waals surface area contributed by atoms with Crippen LogP contribution in [0.4, 0.5) is 0 Å². The molecule has 0 bridgehead atoms. The minimum Gasteiger partial charge on any atom is -0.508 e. The predicted octanol–water partition coefficient (Wildman–Crippen LogP) is 2.76. The molecule has 0 heterocycles. The van der Waals surface area contributed by atoms with Crippen LogP contribution in [0.5, 0.6) is 5.75 Å². The standard InChI is InChI=1S/C16H21NO4/c1-2-3-4-5-10-21-16(20)15(17-12-18)11-13-6-8-14(19)9-7-13/h6-9,15,19H,2-5,10-11H2,1H3/t15-/m1/s1. The molecule has 0 amide bonds. The minimum absolute atomic E-state index is 0.146. The molecule has 1 aromatic carbocycles. The van der Waals surface area contributed by atoms with E-state index in [2.05, 4.69) is 11.9 Å². The summed E-state index contributed by atoms with van der Waals surface area (Å²) in [6.45, 7) is 2.46. The highest BCUT2D eigenvalue weighted by Gasteiger charge is 2.19. The van der Waals surface area contributed by atoms with Crippen LogP contribution in [0, 0.1) is 0 Å². The van der Waals surface area contributed by atoms with E-state index in [0.29, 0.717) is 6.61 Å². The van der Waals surface area contributed by atoms with Crippen molar-refractivity contribution >= 4 is 12.0 Å². The van der Waals surface area contributed by atoms with Crippen molar-refractivity contribution in [3.8, 4) is 5.75 Å². The fraction of sp³-hybridized carbons (Fsp3) is 0.500. The van der Waals surface area contributed by atoms with Crippen molar-refractivity contribution in [3.63, 3.8) is 0 Å². The lowest BCUT2D eigenvalue weighted by atomic mass is 10.1. The first-order valence-electron chi connectivity index (χ1n) is 7.19. The summed E-state index contributed by atoms with van der Waals surface area (Å²) in [5.41, 5.74) is 0.791. The number of carbonyl (C=O) groups is 1. The van der Waals surface area contributed by atoms with E-state index in [4.69, 9.17) is 4.74 Å². The Morgan fingerprint density at radius 3 is 2.62 bits per heavy atom. The Balaban J connectivity index is 2.50. The van der Waals surface area contributed by atoms with Gasteiger partial charge in [-0.2, -0.15) is 4.99 Å². The van der Waals surface area contributed by atoms with Crippen molar-refractivity contribution < 1.29 is 19.4 Å². The van der Waals surface area contributed by atoms with Gasteiger partial charge >= 0.3 is 5.97 Å². The molecule has 114 valence electrons. The van der Waals surface area contributed by atoms with Crippen molar-refractivity contribution in [3.05, 3.63) is 29.8 Å². The number of hydrogen-bond donors (Lipinski definition) is 1. The number of aromatic hydroxyl groups is 1. The van der Waals surface area contributed by atoms with Crippen LogP contribution in [0.25, 0.3) is 0 Å². The van der Waals surface area contributed by atoms with Gasteiger partial charge in [0.05, 0.1) is 6.61 Å². The number of phenols is 1. The Bertz CT molecular complexity index is 478. The summed E-state index contributed by atoms with van der Waals surface area (Å²) < 4.78 is 5.14. The fourth-order valence-electron chi connectivity index (χ4n) is 1.90. The van der Waals surface area contributed by atoms with Crippen LogP contribution < -0.4 is 0 Å². The number of unbranched alkanes of at least 4 members (excludes halogenated alkanes) is 3. The molecule has 0 saturated heterocycles. The Morgan fingerprint density at radius 1 is 1.29 bits per heavy atom. The summed E-state index contributed by atoms with van der Waals surface area (Å²) in [5, 5.41) is 9.21. The topological polar surface area (TPSA) is 76.0 Å². The zero-order chi connectivity index (χ0) is 15.5. The molecule has 0 spiro atoms. The molecule has 0 saturated carbocycles. The molecule has 1 N–H and O–H groups in total. The molecule has 0 aliphatic carbocycles. The zero-order valence-electron chi connectivity index (χ0n) is 12.2. The van der Waals surface area contributed by atoms with Crippen LogP contribution in [0.3, 0.4) is 0 Å². The number of isocyanates is 1. The van der Waals surface area contributed by atoms with E-state index in [1.165, 1.54) is 18.2 Å². The summed E-state index contributed by atoms with van der Waals surface area (Å²) in [6, 6.07) is 5.52. The van der Waals surface area contributed by atoms with Gasteiger partial charge in [0.15, 0.2) is 6.04 Å². The Hall–Kier alpha value is -2.13. The van der Waals surface area contributed by atoms with E-state index in [0.717, 1.165) is 31.2 Å². The van der Waals surface area contributed by atoms with Crippen molar-refractivity contribution in [1.29, 1.82) is 0 Å². The summed E-state index contributed by atoms with van der Waals surface area (Å²) in [7, 11) is 0. The van der Waals surface area contributed by atoms with Crippen molar-refractivity contribution in [1.82, 2.24) is 0 Å². The van der Waals surface area contributed by atoms with Crippen molar-refractivity contribution in [2.45, 2.75) is 45.1 Å². The normalized spacial score (nSPS) is 11.5. The largest absolute Gasteiger partial charge is 0.508 e. The third-order valence-electron chi connectivity index (χ3n) is 3.09. The van der Waals surface area contributed by atoms with Crippen molar-refractivity contribution in [2.75, 3.05) is 6.61 Å². The van der Waals surface area contributed by atoms with Crippen LogP contribution >= 0.6 is 0 Å². The number of aliphatic imine (C=N–C) groups is 1. The van der Waals surface area contributed by atoms with Crippen LogP contribution in [0.1, 0.15) is 38.2 Å². The third kappa shape index (κ3) is 6.72. The highest BCUT2D eigenvalue weighted by Crippen LogP contribution is 2.13. The molecule has 0 radical (unpaired) electrons. The first-order valence-corrected chi connectivity index (χ1v) is 7.19. The van der Waals surface area contributed by atoms with Gasteiger partial charge in [0.2, 0.25) is 6.08 Å². The second-order valence-electron chi connectivity index (χ2n) is 4.83. The van der Waals surface area contributed by atoms with Gasteiger partial charge in [-0.3, -0.25) is 0 Å². The lowest BCUT2D eigenvalue weighted by Crippen LogP contribution is -2.24. The predicted molar refractivity (Wildman–Crippen MR) is 78.8 cm³/mol. The summed E-state index contributed by atoms with van der Waals surface area (Å²) >= 11 is 0. The van der Waals surface area contributed by atoms with E-state index in [-0.39, 0.29) is 12.2 Å². The number of nitrogens with zero attached hydrogens (tertiary/aromatic N) is 1. The number of hydrogen-bond acceptors (Lipinski definition) is 5. The minimum atomic E-state index is -0.877. The lowest BCUT2D eigenvalue weighted by Gasteiger charge is -2.11. The van der Waals surface area contributed by atoms with E-state index < -0.39 is 12.0 Å². The van der Waals surface area contributed by atoms with E-state index >= 15 is 0 Å². The van der Waals surface area contributed by atoms with Gasteiger partial charge in [0.25, 0.3) is 0 Å². The molecule has 5 nitrogen and oxygen atoms in total.